The maximum absolute atomic E-state index is 5.69. The molecule has 1 aromatic rings. The van der Waals surface area contributed by atoms with Crippen LogP contribution in [-0.4, -0.2) is 13.2 Å². The Labute approximate surface area is 99.0 Å². The van der Waals surface area contributed by atoms with Crippen LogP contribution in [0.3, 0.4) is 0 Å². The van der Waals surface area contributed by atoms with Gasteiger partial charge in [-0.15, -0.1) is 0 Å². The van der Waals surface area contributed by atoms with Crippen LogP contribution in [0.5, 0.6) is 5.75 Å². The Morgan fingerprint density at radius 3 is 2.81 bits per heavy atom. The molecule has 1 N–H and O–H groups in total. The minimum Gasteiger partial charge on any atom is -0.493 e. The highest BCUT2D eigenvalue weighted by atomic mass is 16.5. The Morgan fingerprint density at radius 2 is 2.12 bits per heavy atom. The molecule has 0 bridgehead atoms. The van der Waals surface area contributed by atoms with Crippen molar-refractivity contribution in [2.75, 3.05) is 13.2 Å². The van der Waals surface area contributed by atoms with Crippen LogP contribution in [0, 0.1) is 5.92 Å². The fourth-order valence-electron chi connectivity index (χ4n) is 1.42. The SMILES string of the molecule is CCCNCc1cccc(OCC(C)C)c1. The molecule has 0 radical (unpaired) electrons. The van der Waals surface area contributed by atoms with Gasteiger partial charge < -0.3 is 10.1 Å². The van der Waals surface area contributed by atoms with Gasteiger partial charge >= 0.3 is 0 Å². The molecule has 1 aromatic carbocycles. The fourth-order valence-corrected chi connectivity index (χ4v) is 1.42. The van der Waals surface area contributed by atoms with Crippen LogP contribution >= 0.6 is 0 Å². The highest BCUT2D eigenvalue weighted by Crippen LogP contribution is 2.14. The second-order valence-corrected chi connectivity index (χ2v) is 4.53. The van der Waals surface area contributed by atoms with E-state index in [9.17, 15) is 0 Å². The average molecular weight is 221 g/mol. The van der Waals surface area contributed by atoms with E-state index in [2.05, 4.69) is 44.3 Å². The first-order valence-corrected chi connectivity index (χ1v) is 6.14. The number of nitrogens with one attached hydrogen (secondary N) is 1. The molecule has 16 heavy (non-hydrogen) atoms. The molecular formula is C14H23NO. The fraction of sp³-hybridized carbons (Fsp3) is 0.571. The van der Waals surface area contributed by atoms with Crippen LogP contribution in [0.2, 0.25) is 0 Å². The Morgan fingerprint density at radius 1 is 1.31 bits per heavy atom. The summed E-state index contributed by atoms with van der Waals surface area (Å²) >= 11 is 0. The van der Waals surface area contributed by atoms with Crippen LogP contribution in [0.25, 0.3) is 0 Å². The maximum Gasteiger partial charge on any atom is 0.119 e. The number of hydrogen-bond acceptors (Lipinski definition) is 2. The van der Waals surface area contributed by atoms with Crippen molar-refractivity contribution in [1.82, 2.24) is 5.32 Å². The molecule has 0 aliphatic heterocycles. The molecule has 0 fully saturated rings. The number of hydrogen-bond donors (Lipinski definition) is 1. The quantitative estimate of drug-likeness (QED) is 0.714. The third-order valence-electron chi connectivity index (χ3n) is 2.24. The average Bonchev–Trinajstić information content (AvgIpc) is 2.27. The van der Waals surface area contributed by atoms with Crippen LogP contribution in [0.4, 0.5) is 0 Å². The third-order valence-corrected chi connectivity index (χ3v) is 2.24. The first-order valence-electron chi connectivity index (χ1n) is 6.14. The number of benzene rings is 1. The normalized spacial score (nSPS) is 10.8. The molecule has 2 nitrogen and oxygen atoms in total. The molecule has 0 aliphatic carbocycles. The molecular weight excluding hydrogens is 198 g/mol. The molecule has 0 unspecified atom stereocenters. The molecule has 0 amide bonds. The zero-order chi connectivity index (χ0) is 11.8. The van der Waals surface area contributed by atoms with E-state index in [0.717, 1.165) is 25.4 Å². The summed E-state index contributed by atoms with van der Waals surface area (Å²) in [6.45, 7) is 9.27. The lowest BCUT2D eigenvalue weighted by Gasteiger charge is -2.10. The van der Waals surface area contributed by atoms with Gasteiger partial charge in [-0.2, -0.15) is 0 Å². The summed E-state index contributed by atoms with van der Waals surface area (Å²) in [4.78, 5) is 0. The van der Waals surface area contributed by atoms with Crippen molar-refractivity contribution in [2.24, 2.45) is 5.92 Å². The Hall–Kier alpha value is -1.02. The molecule has 0 saturated carbocycles. The zero-order valence-electron chi connectivity index (χ0n) is 10.6. The molecule has 90 valence electrons. The summed E-state index contributed by atoms with van der Waals surface area (Å²) in [5.41, 5.74) is 1.29. The van der Waals surface area contributed by atoms with Gasteiger partial charge in [0.25, 0.3) is 0 Å². The topological polar surface area (TPSA) is 21.3 Å². The van der Waals surface area contributed by atoms with Gasteiger partial charge in [-0.05, 0) is 36.6 Å². The Balaban J connectivity index is 2.43. The van der Waals surface area contributed by atoms with Crippen LogP contribution < -0.4 is 10.1 Å². The van der Waals surface area contributed by atoms with Gasteiger partial charge in [0.05, 0.1) is 6.61 Å². The predicted molar refractivity (Wildman–Crippen MR) is 68.8 cm³/mol. The highest BCUT2D eigenvalue weighted by molar-refractivity contribution is 5.28. The van der Waals surface area contributed by atoms with Crippen LogP contribution in [0.1, 0.15) is 32.8 Å². The van der Waals surface area contributed by atoms with E-state index in [1.165, 1.54) is 12.0 Å². The van der Waals surface area contributed by atoms with Crippen molar-refractivity contribution in [2.45, 2.75) is 33.7 Å². The Kier molecular flexibility index (Phi) is 5.94. The molecule has 0 aliphatic rings. The zero-order valence-corrected chi connectivity index (χ0v) is 10.6. The lowest BCUT2D eigenvalue weighted by molar-refractivity contribution is 0.271. The standard InChI is InChI=1S/C14H23NO/c1-4-8-15-10-13-6-5-7-14(9-13)16-11-12(2)3/h5-7,9,12,15H,4,8,10-11H2,1-3H3. The second kappa shape index (κ2) is 7.29. The summed E-state index contributed by atoms with van der Waals surface area (Å²) in [7, 11) is 0. The molecule has 0 atom stereocenters. The molecule has 0 heterocycles. The van der Waals surface area contributed by atoms with Crippen LogP contribution in [-0.2, 0) is 6.54 Å². The summed E-state index contributed by atoms with van der Waals surface area (Å²) in [5.74, 6) is 1.55. The monoisotopic (exact) mass is 221 g/mol. The molecule has 2 heteroatoms. The van der Waals surface area contributed by atoms with Crippen molar-refractivity contribution in [3.63, 3.8) is 0 Å². The third kappa shape index (κ3) is 5.17. The van der Waals surface area contributed by atoms with Crippen molar-refractivity contribution in [3.05, 3.63) is 29.8 Å². The van der Waals surface area contributed by atoms with Gasteiger partial charge in [0, 0.05) is 6.54 Å². The van der Waals surface area contributed by atoms with Crippen molar-refractivity contribution in [3.8, 4) is 5.75 Å². The van der Waals surface area contributed by atoms with E-state index < -0.39 is 0 Å². The first-order chi connectivity index (χ1) is 7.72. The number of rotatable bonds is 7. The maximum atomic E-state index is 5.69. The first kappa shape index (κ1) is 13.0. The molecule has 1 rings (SSSR count). The van der Waals surface area contributed by atoms with E-state index >= 15 is 0 Å². The van der Waals surface area contributed by atoms with Crippen molar-refractivity contribution in [1.29, 1.82) is 0 Å². The molecule has 0 saturated heterocycles. The van der Waals surface area contributed by atoms with Gasteiger partial charge in [0.15, 0.2) is 0 Å². The van der Waals surface area contributed by atoms with E-state index in [1.807, 2.05) is 6.07 Å². The summed E-state index contributed by atoms with van der Waals surface area (Å²) in [6.07, 6.45) is 1.17. The van der Waals surface area contributed by atoms with Gasteiger partial charge in [-0.25, -0.2) is 0 Å². The van der Waals surface area contributed by atoms with Gasteiger partial charge in [-0.1, -0.05) is 32.9 Å². The molecule has 0 spiro atoms. The lowest BCUT2D eigenvalue weighted by atomic mass is 10.2. The second-order valence-electron chi connectivity index (χ2n) is 4.53. The lowest BCUT2D eigenvalue weighted by Crippen LogP contribution is -2.13. The minimum absolute atomic E-state index is 0.571. The van der Waals surface area contributed by atoms with E-state index in [1.54, 1.807) is 0 Å². The predicted octanol–water partition coefficient (Wildman–Crippen LogP) is 3.22. The van der Waals surface area contributed by atoms with E-state index in [4.69, 9.17) is 4.74 Å². The summed E-state index contributed by atoms with van der Waals surface area (Å²) < 4.78 is 5.69. The van der Waals surface area contributed by atoms with Gasteiger partial charge in [-0.3, -0.25) is 0 Å². The summed E-state index contributed by atoms with van der Waals surface area (Å²) in [6, 6.07) is 8.32. The smallest absolute Gasteiger partial charge is 0.119 e. The van der Waals surface area contributed by atoms with Crippen molar-refractivity contribution >= 4 is 0 Å². The summed E-state index contributed by atoms with van der Waals surface area (Å²) in [5, 5.41) is 3.39. The Bertz CT molecular complexity index is 297. The minimum atomic E-state index is 0.571. The number of ether oxygens (including phenoxy) is 1. The highest BCUT2D eigenvalue weighted by Gasteiger charge is 1.98. The van der Waals surface area contributed by atoms with Crippen LogP contribution in [0.15, 0.2) is 24.3 Å². The largest absolute Gasteiger partial charge is 0.493 e. The van der Waals surface area contributed by atoms with Gasteiger partial charge in [0.1, 0.15) is 5.75 Å². The van der Waals surface area contributed by atoms with E-state index in [-0.39, 0.29) is 0 Å². The molecule has 0 aromatic heterocycles. The van der Waals surface area contributed by atoms with Crippen molar-refractivity contribution < 1.29 is 4.74 Å². The van der Waals surface area contributed by atoms with E-state index in [0.29, 0.717) is 5.92 Å². The van der Waals surface area contributed by atoms with Gasteiger partial charge in [0.2, 0.25) is 0 Å².